The number of nitrogens with one attached hydrogen (secondary N) is 1. The summed E-state index contributed by atoms with van der Waals surface area (Å²) in [5.74, 6) is -1.67. The van der Waals surface area contributed by atoms with Crippen molar-refractivity contribution in [2.45, 2.75) is 69.0 Å². The minimum absolute atomic E-state index is 0.00195. The zero-order valence-electron chi connectivity index (χ0n) is 17.9. The van der Waals surface area contributed by atoms with Crippen molar-refractivity contribution < 1.29 is 23.6 Å². The lowest BCUT2D eigenvalue weighted by atomic mass is 9.76. The van der Waals surface area contributed by atoms with Crippen LogP contribution in [-0.2, 0) is 20.9 Å². The maximum atomic E-state index is 15.0. The van der Waals surface area contributed by atoms with Crippen LogP contribution in [-0.4, -0.2) is 58.1 Å². The molecule has 3 fully saturated rings. The first-order chi connectivity index (χ1) is 15.3. The number of nitrogens with zero attached hydrogens (tertiary/aromatic N) is 2. The van der Waals surface area contributed by atoms with Gasteiger partial charge in [0.2, 0.25) is 17.7 Å². The van der Waals surface area contributed by atoms with Crippen LogP contribution in [0.2, 0.25) is 0 Å². The molecule has 1 saturated carbocycles. The second-order valence-corrected chi connectivity index (χ2v) is 9.51. The summed E-state index contributed by atoms with van der Waals surface area (Å²) in [7, 11) is 0. The highest BCUT2D eigenvalue weighted by molar-refractivity contribution is 6.05. The van der Waals surface area contributed by atoms with Gasteiger partial charge >= 0.3 is 0 Å². The van der Waals surface area contributed by atoms with E-state index in [1.807, 2.05) is 0 Å². The Morgan fingerprint density at radius 2 is 1.84 bits per heavy atom. The van der Waals surface area contributed by atoms with Crippen molar-refractivity contribution in [3.05, 3.63) is 34.6 Å². The summed E-state index contributed by atoms with van der Waals surface area (Å²) >= 11 is 0. The van der Waals surface area contributed by atoms with E-state index < -0.39 is 23.3 Å². The molecule has 1 atom stereocenters. The Bertz CT molecular complexity index is 1010. The fourth-order valence-corrected chi connectivity index (χ4v) is 5.40. The highest BCUT2D eigenvalue weighted by atomic mass is 19.1. The zero-order valence-corrected chi connectivity index (χ0v) is 17.9. The maximum Gasteiger partial charge on any atom is 0.255 e. The highest BCUT2D eigenvalue weighted by Crippen LogP contribution is 2.37. The monoisotopic (exact) mass is 442 g/mol. The number of imide groups is 1. The fraction of sp³-hybridized carbons (Fsp3) is 0.565. The number of nitrogens with two attached hydrogens (primary N) is 1. The van der Waals surface area contributed by atoms with Crippen LogP contribution >= 0.6 is 0 Å². The van der Waals surface area contributed by atoms with Crippen LogP contribution in [0.1, 0.15) is 72.3 Å². The predicted octanol–water partition coefficient (Wildman–Crippen LogP) is 1.17. The first-order valence-corrected chi connectivity index (χ1v) is 11.3. The van der Waals surface area contributed by atoms with Crippen LogP contribution in [0.5, 0.6) is 0 Å². The van der Waals surface area contributed by atoms with Crippen molar-refractivity contribution in [1.82, 2.24) is 15.1 Å². The van der Waals surface area contributed by atoms with Crippen molar-refractivity contribution in [3.63, 3.8) is 0 Å². The van der Waals surface area contributed by atoms with Crippen LogP contribution < -0.4 is 11.1 Å². The first-order valence-electron chi connectivity index (χ1n) is 11.3. The predicted molar refractivity (Wildman–Crippen MR) is 112 cm³/mol. The Balaban J connectivity index is 1.29. The zero-order chi connectivity index (χ0) is 22.6. The lowest BCUT2D eigenvalue weighted by Crippen LogP contribution is -2.60. The van der Waals surface area contributed by atoms with Gasteiger partial charge in [0, 0.05) is 31.6 Å². The minimum atomic E-state index is -0.719. The highest BCUT2D eigenvalue weighted by Gasteiger charge is 2.44. The summed E-state index contributed by atoms with van der Waals surface area (Å²) < 4.78 is 15.0. The lowest BCUT2D eigenvalue weighted by Gasteiger charge is -2.42. The van der Waals surface area contributed by atoms with E-state index >= 15 is 4.39 Å². The van der Waals surface area contributed by atoms with E-state index in [0.717, 1.165) is 19.3 Å². The van der Waals surface area contributed by atoms with Crippen LogP contribution in [0.15, 0.2) is 12.1 Å². The van der Waals surface area contributed by atoms with E-state index in [0.29, 0.717) is 37.1 Å². The summed E-state index contributed by atoms with van der Waals surface area (Å²) in [5.41, 5.74) is 6.99. The molecule has 3 N–H and O–H groups in total. The molecule has 0 radical (unpaired) electrons. The molecule has 2 saturated heterocycles. The molecule has 0 spiro atoms. The number of hydrogen-bond donors (Lipinski definition) is 2. The normalized spacial score (nSPS) is 25.4. The number of piperidine rings is 2. The number of hydrogen-bond acceptors (Lipinski definition) is 5. The van der Waals surface area contributed by atoms with E-state index in [1.54, 1.807) is 11.0 Å². The fourth-order valence-electron chi connectivity index (χ4n) is 5.40. The number of fused-ring (bicyclic) bond motifs is 1. The van der Waals surface area contributed by atoms with Gasteiger partial charge in [-0.1, -0.05) is 6.07 Å². The number of carbonyl (C=O) groups excluding carboxylic acids is 4. The Hall–Kier alpha value is -2.81. The van der Waals surface area contributed by atoms with Crippen LogP contribution in [0.25, 0.3) is 0 Å². The molecule has 1 aromatic rings. The van der Waals surface area contributed by atoms with Crippen molar-refractivity contribution in [2.75, 3.05) is 13.1 Å². The number of rotatable bonds is 3. The van der Waals surface area contributed by atoms with Gasteiger partial charge in [0.05, 0.1) is 5.54 Å². The molecular formula is C23H27FN4O4. The third kappa shape index (κ3) is 3.39. The van der Waals surface area contributed by atoms with E-state index in [1.165, 1.54) is 11.0 Å². The van der Waals surface area contributed by atoms with Crippen LogP contribution in [0, 0.1) is 5.82 Å². The third-order valence-electron chi connectivity index (χ3n) is 7.53. The van der Waals surface area contributed by atoms with Crippen molar-refractivity contribution in [2.24, 2.45) is 5.73 Å². The second-order valence-electron chi connectivity index (χ2n) is 9.51. The van der Waals surface area contributed by atoms with Crippen molar-refractivity contribution in [1.29, 1.82) is 0 Å². The molecule has 0 aromatic heterocycles. The molecule has 4 aliphatic rings. The van der Waals surface area contributed by atoms with Crippen molar-refractivity contribution >= 4 is 23.6 Å². The first kappa shape index (κ1) is 21.1. The molecule has 32 heavy (non-hydrogen) atoms. The Labute approximate surface area is 185 Å². The van der Waals surface area contributed by atoms with E-state index in [9.17, 15) is 19.2 Å². The van der Waals surface area contributed by atoms with E-state index in [-0.39, 0.29) is 48.6 Å². The summed E-state index contributed by atoms with van der Waals surface area (Å²) in [6.45, 7) is 1.31. The molecule has 3 heterocycles. The van der Waals surface area contributed by atoms with Crippen LogP contribution in [0.4, 0.5) is 4.39 Å². The second kappa shape index (κ2) is 7.65. The Morgan fingerprint density at radius 3 is 2.47 bits per heavy atom. The summed E-state index contributed by atoms with van der Waals surface area (Å²) in [5, 5.41) is 2.27. The van der Waals surface area contributed by atoms with Crippen LogP contribution in [0.3, 0.4) is 0 Å². The number of carbonyl (C=O) groups is 4. The largest absolute Gasteiger partial charge is 0.341 e. The van der Waals surface area contributed by atoms with Gasteiger partial charge in [0.1, 0.15) is 11.9 Å². The summed E-state index contributed by atoms with van der Waals surface area (Å²) in [6, 6.07) is 2.30. The molecule has 8 nitrogen and oxygen atoms in total. The average Bonchev–Trinajstić information content (AvgIpc) is 3.06. The molecule has 5 rings (SSSR count). The van der Waals surface area contributed by atoms with Gasteiger partial charge in [0.15, 0.2) is 0 Å². The molecule has 3 aliphatic heterocycles. The van der Waals surface area contributed by atoms with Gasteiger partial charge in [0.25, 0.3) is 5.91 Å². The van der Waals surface area contributed by atoms with Gasteiger partial charge in [-0.2, -0.15) is 0 Å². The lowest BCUT2D eigenvalue weighted by molar-refractivity contribution is -0.141. The van der Waals surface area contributed by atoms with E-state index in [4.69, 9.17) is 5.73 Å². The van der Waals surface area contributed by atoms with Gasteiger partial charge in [-0.25, -0.2) is 4.39 Å². The molecular weight excluding hydrogens is 415 g/mol. The molecule has 170 valence electrons. The quantitative estimate of drug-likeness (QED) is 0.683. The topological polar surface area (TPSA) is 113 Å². The van der Waals surface area contributed by atoms with Gasteiger partial charge < -0.3 is 15.5 Å². The number of benzene rings is 1. The molecule has 9 heteroatoms. The molecule has 4 amide bonds. The summed E-state index contributed by atoms with van der Waals surface area (Å²) in [4.78, 5) is 52.4. The summed E-state index contributed by atoms with van der Waals surface area (Å²) in [6.07, 6.45) is 4.16. The average molecular weight is 442 g/mol. The molecule has 1 unspecified atom stereocenters. The van der Waals surface area contributed by atoms with Gasteiger partial charge in [-0.15, -0.1) is 0 Å². The van der Waals surface area contributed by atoms with Gasteiger partial charge in [-0.3, -0.25) is 24.5 Å². The molecule has 1 aromatic carbocycles. The number of likely N-dealkylation sites (tertiary alicyclic amines) is 1. The van der Waals surface area contributed by atoms with Crippen molar-refractivity contribution in [3.8, 4) is 0 Å². The maximum absolute atomic E-state index is 15.0. The minimum Gasteiger partial charge on any atom is -0.341 e. The number of halogens is 1. The third-order valence-corrected chi connectivity index (χ3v) is 7.53. The Kier molecular flexibility index (Phi) is 5.03. The smallest absolute Gasteiger partial charge is 0.255 e. The van der Waals surface area contributed by atoms with Gasteiger partial charge in [-0.05, 0) is 61.6 Å². The number of amides is 4. The Morgan fingerprint density at radius 1 is 1.12 bits per heavy atom. The van der Waals surface area contributed by atoms with E-state index in [2.05, 4.69) is 5.32 Å². The molecule has 0 bridgehead atoms. The molecule has 1 aliphatic carbocycles. The SMILES string of the molecule is NC1(C(=O)N2CCC(c3cc4c(cc3F)C(=O)N(C3CCC(=O)NC3=O)C4)CC2)CCC1. The standard InChI is InChI=1S/C23H27FN4O4/c24-17-11-16-14(12-28(21(16)31)18-2-3-19(29)26-20(18)30)10-15(17)13-4-8-27(9-5-13)22(32)23(25)6-1-7-23/h10-11,13,18H,1-9,12,25H2,(H,26,29,30).